The molecule has 1 aliphatic rings. The van der Waals surface area contributed by atoms with Gasteiger partial charge in [0.1, 0.15) is 5.60 Å². The van der Waals surface area contributed by atoms with Crippen LogP contribution in [-0.2, 0) is 19.1 Å². The van der Waals surface area contributed by atoms with Gasteiger partial charge in [-0.15, -0.1) is 0 Å². The predicted molar refractivity (Wildman–Crippen MR) is 63.4 cm³/mol. The number of rotatable bonds is 3. The maximum absolute atomic E-state index is 12.1. The summed E-state index contributed by atoms with van der Waals surface area (Å²) >= 11 is 0. The fourth-order valence-corrected chi connectivity index (χ4v) is 1.56. The molecular formula is C13H22O4. The second kappa shape index (κ2) is 4.00. The highest BCUT2D eigenvalue weighted by atomic mass is 16.6. The van der Waals surface area contributed by atoms with Crippen LogP contribution in [0.2, 0.25) is 0 Å². The number of esters is 2. The van der Waals surface area contributed by atoms with Gasteiger partial charge in [0, 0.05) is 0 Å². The van der Waals surface area contributed by atoms with E-state index in [4.69, 9.17) is 9.47 Å². The lowest BCUT2D eigenvalue weighted by Gasteiger charge is -2.36. The molecule has 1 unspecified atom stereocenters. The van der Waals surface area contributed by atoms with Crippen molar-refractivity contribution in [3.63, 3.8) is 0 Å². The standard InChI is InChI=1S/C13H22O4/c1-7-11(2,3)10(15)17-13(6)8-9(14)16-12(13,4)5/h7-8H2,1-6H3. The number of hydrogen-bond donors (Lipinski definition) is 0. The molecule has 0 N–H and O–H groups in total. The average Bonchev–Trinajstić information content (AvgIpc) is 2.34. The molecule has 1 fully saturated rings. The highest BCUT2D eigenvalue weighted by molar-refractivity contribution is 5.79. The molecule has 0 aromatic carbocycles. The number of ether oxygens (including phenoxy) is 2. The number of cyclic esters (lactones) is 1. The Morgan fingerprint density at radius 1 is 1.41 bits per heavy atom. The third-order valence-electron chi connectivity index (χ3n) is 3.88. The highest BCUT2D eigenvalue weighted by Gasteiger charge is 2.55. The largest absolute Gasteiger partial charge is 0.455 e. The van der Waals surface area contributed by atoms with Gasteiger partial charge in [-0.25, -0.2) is 0 Å². The lowest BCUT2D eigenvalue weighted by molar-refractivity contribution is -0.184. The summed E-state index contributed by atoms with van der Waals surface area (Å²) in [7, 11) is 0. The van der Waals surface area contributed by atoms with Gasteiger partial charge >= 0.3 is 11.9 Å². The van der Waals surface area contributed by atoms with Crippen molar-refractivity contribution in [3.05, 3.63) is 0 Å². The van der Waals surface area contributed by atoms with E-state index in [0.717, 1.165) is 0 Å². The zero-order valence-corrected chi connectivity index (χ0v) is 11.5. The maximum Gasteiger partial charge on any atom is 0.312 e. The molecule has 0 bridgehead atoms. The Hall–Kier alpha value is -1.06. The van der Waals surface area contributed by atoms with Gasteiger partial charge in [-0.2, -0.15) is 0 Å². The van der Waals surface area contributed by atoms with Crippen LogP contribution in [0.25, 0.3) is 0 Å². The van der Waals surface area contributed by atoms with E-state index in [1.54, 1.807) is 20.8 Å². The summed E-state index contributed by atoms with van der Waals surface area (Å²) in [5.74, 6) is -0.603. The van der Waals surface area contributed by atoms with E-state index in [0.29, 0.717) is 6.42 Å². The lowest BCUT2D eigenvalue weighted by Crippen LogP contribution is -2.49. The van der Waals surface area contributed by atoms with Gasteiger partial charge < -0.3 is 9.47 Å². The van der Waals surface area contributed by atoms with E-state index in [9.17, 15) is 9.59 Å². The minimum absolute atomic E-state index is 0.117. The molecule has 0 saturated carbocycles. The Morgan fingerprint density at radius 3 is 2.29 bits per heavy atom. The summed E-state index contributed by atoms with van der Waals surface area (Å²) in [6.07, 6.45) is 0.808. The molecule has 0 spiro atoms. The van der Waals surface area contributed by atoms with E-state index in [2.05, 4.69) is 0 Å². The molecule has 17 heavy (non-hydrogen) atoms. The van der Waals surface area contributed by atoms with Crippen molar-refractivity contribution in [3.8, 4) is 0 Å². The normalized spacial score (nSPS) is 27.8. The molecule has 0 aliphatic carbocycles. The van der Waals surface area contributed by atoms with Crippen LogP contribution in [0.15, 0.2) is 0 Å². The van der Waals surface area contributed by atoms with E-state index in [-0.39, 0.29) is 18.4 Å². The maximum atomic E-state index is 12.1. The Bertz CT molecular complexity index is 343. The monoisotopic (exact) mass is 242 g/mol. The zero-order chi connectivity index (χ0) is 13.5. The van der Waals surface area contributed by atoms with E-state index < -0.39 is 16.6 Å². The molecule has 0 aromatic rings. The van der Waals surface area contributed by atoms with Gasteiger partial charge in [-0.05, 0) is 41.0 Å². The van der Waals surface area contributed by atoms with Gasteiger partial charge in [-0.1, -0.05) is 6.92 Å². The van der Waals surface area contributed by atoms with Gasteiger partial charge in [0.25, 0.3) is 0 Å². The molecule has 0 aromatic heterocycles. The number of carbonyl (C=O) groups excluding carboxylic acids is 2. The first-order valence-corrected chi connectivity index (χ1v) is 5.99. The van der Waals surface area contributed by atoms with Gasteiger partial charge in [-0.3, -0.25) is 9.59 Å². The molecule has 0 amide bonds. The quantitative estimate of drug-likeness (QED) is 0.713. The molecule has 0 radical (unpaired) electrons. The van der Waals surface area contributed by atoms with Crippen LogP contribution in [0.5, 0.6) is 0 Å². The second-order valence-corrected chi connectivity index (χ2v) is 6.02. The van der Waals surface area contributed by atoms with Crippen molar-refractivity contribution in [2.45, 2.75) is 65.6 Å². The fraction of sp³-hybridized carbons (Fsp3) is 0.846. The molecule has 1 heterocycles. The minimum atomic E-state index is -0.881. The number of hydrogen-bond acceptors (Lipinski definition) is 4. The molecule has 4 nitrogen and oxygen atoms in total. The van der Waals surface area contributed by atoms with Crippen LogP contribution in [0, 0.1) is 5.41 Å². The number of carbonyl (C=O) groups is 2. The van der Waals surface area contributed by atoms with Crippen LogP contribution in [-0.4, -0.2) is 23.1 Å². The summed E-state index contributed by atoms with van der Waals surface area (Å²) in [5.41, 5.74) is -2.19. The molecule has 1 atom stereocenters. The van der Waals surface area contributed by atoms with Gasteiger partial charge in [0.15, 0.2) is 5.60 Å². The Kier molecular flexibility index (Phi) is 3.29. The molecular weight excluding hydrogens is 220 g/mol. The summed E-state index contributed by atoms with van der Waals surface area (Å²) in [6, 6.07) is 0. The Morgan fingerprint density at radius 2 is 1.94 bits per heavy atom. The lowest BCUT2D eigenvalue weighted by atomic mass is 9.85. The second-order valence-electron chi connectivity index (χ2n) is 6.02. The van der Waals surface area contributed by atoms with Crippen molar-refractivity contribution in [1.29, 1.82) is 0 Å². The first-order valence-electron chi connectivity index (χ1n) is 5.99. The zero-order valence-electron chi connectivity index (χ0n) is 11.5. The van der Waals surface area contributed by atoms with Crippen molar-refractivity contribution in [2.24, 2.45) is 5.41 Å². The predicted octanol–water partition coefficient (Wildman–Crippen LogP) is 2.45. The van der Waals surface area contributed by atoms with Crippen molar-refractivity contribution < 1.29 is 19.1 Å². The van der Waals surface area contributed by atoms with Crippen molar-refractivity contribution >= 4 is 11.9 Å². The van der Waals surface area contributed by atoms with Crippen LogP contribution < -0.4 is 0 Å². The minimum Gasteiger partial charge on any atom is -0.455 e. The van der Waals surface area contributed by atoms with Crippen LogP contribution in [0.3, 0.4) is 0 Å². The highest BCUT2D eigenvalue weighted by Crippen LogP contribution is 2.40. The first-order chi connectivity index (χ1) is 7.54. The summed E-state index contributed by atoms with van der Waals surface area (Å²) in [4.78, 5) is 23.4. The topological polar surface area (TPSA) is 52.6 Å². The summed E-state index contributed by atoms with van der Waals surface area (Å²) in [5, 5.41) is 0. The first kappa shape index (κ1) is 14.0. The van der Waals surface area contributed by atoms with Crippen LogP contribution >= 0.6 is 0 Å². The Labute approximate surface area is 103 Å². The van der Waals surface area contributed by atoms with Gasteiger partial charge in [0.2, 0.25) is 0 Å². The molecule has 98 valence electrons. The molecule has 1 saturated heterocycles. The molecule has 4 heteroatoms. The van der Waals surface area contributed by atoms with E-state index in [1.165, 1.54) is 0 Å². The fourth-order valence-electron chi connectivity index (χ4n) is 1.56. The van der Waals surface area contributed by atoms with Crippen molar-refractivity contribution in [1.82, 2.24) is 0 Å². The SMILES string of the molecule is CCC(C)(C)C(=O)OC1(C)CC(=O)OC1(C)C. The van der Waals surface area contributed by atoms with E-state index in [1.807, 2.05) is 20.8 Å². The smallest absolute Gasteiger partial charge is 0.312 e. The third kappa shape index (κ3) is 2.45. The molecule has 1 aliphatic heterocycles. The van der Waals surface area contributed by atoms with Crippen molar-refractivity contribution in [2.75, 3.05) is 0 Å². The van der Waals surface area contributed by atoms with Crippen LogP contribution in [0.1, 0.15) is 54.4 Å². The Balaban J connectivity index is 2.88. The molecule has 1 rings (SSSR count). The summed E-state index contributed by atoms with van der Waals surface area (Å²) in [6.45, 7) is 10.9. The van der Waals surface area contributed by atoms with Gasteiger partial charge in [0.05, 0.1) is 11.8 Å². The van der Waals surface area contributed by atoms with Crippen LogP contribution in [0.4, 0.5) is 0 Å². The average molecular weight is 242 g/mol. The summed E-state index contributed by atoms with van der Waals surface area (Å²) < 4.78 is 10.8. The third-order valence-corrected chi connectivity index (χ3v) is 3.88. The van der Waals surface area contributed by atoms with E-state index >= 15 is 0 Å².